The second kappa shape index (κ2) is 16.7. The van der Waals surface area contributed by atoms with Crippen LogP contribution in [0.1, 0.15) is 50.3 Å². The van der Waals surface area contributed by atoms with Crippen LogP contribution in [0.25, 0.3) is 21.8 Å². The third-order valence-electron chi connectivity index (χ3n) is 9.90. The summed E-state index contributed by atoms with van der Waals surface area (Å²) < 4.78 is 20.6. The highest BCUT2D eigenvalue weighted by Crippen LogP contribution is 2.32. The summed E-state index contributed by atoms with van der Waals surface area (Å²) in [5.74, 6) is 1.46. The first-order valence-electron chi connectivity index (χ1n) is 18.6. The predicted molar refractivity (Wildman–Crippen MR) is 211 cm³/mol. The number of ether oxygens (including phenoxy) is 3. The molecular formula is C43H50N4O7. The lowest BCUT2D eigenvalue weighted by molar-refractivity contribution is -0.108. The first-order chi connectivity index (χ1) is 25.9. The van der Waals surface area contributed by atoms with Crippen molar-refractivity contribution in [1.82, 2.24) is 18.9 Å². The van der Waals surface area contributed by atoms with E-state index in [2.05, 4.69) is 24.0 Å². The molecule has 0 unspecified atom stereocenters. The minimum Gasteiger partial charge on any atom is -0.486 e. The molecule has 0 bridgehead atoms. The van der Waals surface area contributed by atoms with Crippen LogP contribution in [-0.2, 0) is 29.2 Å². The van der Waals surface area contributed by atoms with E-state index in [0.29, 0.717) is 26.3 Å². The SMILES string of the molecule is Cc1cccc2ccc(=O)n(CC=O)c12.Cc1cccc2ccc(=O)n(CCN3CCC(N(Cc4ccc5c(c4)OCCO5)C(=O)OC(C)(C)C)CC3)c12. The highest BCUT2D eigenvalue weighted by Gasteiger charge is 2.31. The molecular weight excluding hydrogens is 684 g/mol. The van der Waals surface area contributed by atoms with Gasteiger partial charge in [-0.2, -0.15) is 0 Å². The molecule has 7 rings (SSSR count). The Morgan fingerprint density at radius 3 is 2.00 bits per heavy atom. The fourth-order valence-corrected chi connectivity index (χ4v) is 7.31. The highest BCUT2D eigenvalue weighted by atomic mass is 16.6. The number of pyridine rings is 2. The lowest BCUT2D eigenvalue weighted by Crippen LogP contribution is -2.49. The molecule has 0 atom stereocenters. The number of aryl methyl sites for hydroxylation is 2. The molecule has 11 nitrogen and oxygen atoms in total. The molecule has 284 valence electrons. The monoisotopic (exact) mass is 734 g/mol. The van der Waals surface area contributed by atoms with Gasteiger partial charge in [0, 0.05) is 50.9 Å². The average Bonchev–Trinajstić information content (AvgIpc) is 3.15. The van der Waals surface area contributed by atoms with Gasteiger partial charge in [0.05, 0.1) is 17.6 Å². The van der Waals surface area contributed by atoms with E-state index in [4.69, 9.17) is 14.2 Å². The van der Waals surface area contributed by atoms with Crippen LogP contribution in [0.15, 0.2) is 88.5 Å². The van der Waals surface area contributed by atoms with Gasteiger partial charge in [0.2, 0.25) is 0 Å². The van der Waals surface area contributed by atoms with Crippen molar-refractivity contribution in [3.05, 3.63) is 116 Å². The van der Waals surface area contributed by atoms with Crippen molar-refractivity contribution >= 4 is 34.2 Å². The molecule has 4 heterocycles. The number of piperidine rings is 1. The maximum atomic E-state index is 13.3. The number of aromatic nitrogens is 2. The number of para-hydroxylation sites is 2. The number of rotatable bonds is 8. The van der Waals surface area contributed by atoms with Gasteiger partial charge in [-0.05, 0) is 99.2 Å². The number of carbonyl (C=O) groups excluding carboxylic acids is 2. The van der Waals surface area contributed by atoms with Crippen molar-refractivity contribution in [2.45, 2.75) is 78.7 Å². The van der Waals surface area contributed by atoms with Crippen molar-refractivity contribution in [3.63, 3.8) is 0 Å². The minimum absolute atomic E-state index is 0.0298. The maximum absolute atomic E-state index is 13.3. The van der Waals surface area contributed by atoms with Crippen molar-refractivity contribution in [3.8, 4) is 11.5 Å². The molecule has 2 aromatic heterocycles. The fraction of sp³-hybridized carbons (Fsp3) is 0.395. The first kappa shape index (κ1) is 38.3. The standard InChI is InChI=1S/C31H39N3O5.C12H11NO2/c1-22-6-5-7-24-9-11-28(35)33(29(22)24)17-16-32-14-12-25(13-15-32)34(30(36)39-31(2,3)4)21-23-8-10-26-27(20-23)38-19-18-37-26;1-9-3-2-4-10-5-6-11(15)13(7-8-14)12(9)10/h5-11,20,25H,12-19,21H2,1-4H3;2-6,8H,7H2,1H3. The Morgan fingerprint density at radius 1 is 0.796 bits per heavy atom. The summed E-state index contributed by atoms with van der Waals surface area (Å²) in [4.78, 5) is 52.4. The predicted octanol–water partition coefficient (Wildman–Crippen LogP) is 6.49. The Balaban J connectivity index is 0.000000276. The molecule has 0 aliphatic carbocycles. The van der Waals surface area contributed by atoms with Gasteiger partial charge in [-0.3, -0.25) is 9.59 Å². The molecule has 0 radical (unpaired) electrons. The summed E-state index contributed by atoms with van der Waals surface area (Å²) in [6.07, 6.45) is 2.13. The lowest BCUT2D eigenvalue weighted by atomic mass is 10.0. The zero-order chi connectivity index (χ0) is 38.4. The van der Waals surface area contributed by atoms with Gasteiger partial charge in [0.25, 0.3) is 11.1 Å². The minimum atomic E-state index is -0.577. The van der Waals surface area contributed by atoms with Gasteiger partial charge in [0.15, 0.2) is 11.5 Å². The highest BCUT2D eigenvalue weighted by molar-refractivity contribution is 5.83. The number of nitrogens with zero attached hydrogens (tertiary/aromatic N) is 4. The van der Waals surface area contributed by atoms with Crippen LogP contribution in [0.4, 0.5) is 4.79 Å². The van der Waals surface area contributed by atoms with E-state index in [-0.39, 0.29) is 29.8 Å². The molecule has 0 N–H and O–H groups in total. The number of fused-ring (bicyclic) bond motifs is 3. The topological polar surface area (TPSA) is 112 Å². The number of benzene rings is 3. The fourth-order valence-electron chi connectivity index (χ4n) is 7.31. The van der Waals surface area contributed by atoms with Crippen LogP contribution in [0.2, 0.25) is 0 Å². The van der Waals surface area contributed by atoms with E-state index >= 15 is 0 Å². The van der Waals surface area contributed by atoms with Crippen LogP contribution in [0.5, 0.6) is 11.5 Å². The molecule has 11 heteroatoms. The molecule has 1 amide bonds. The largest absolute Gasteiger partial charge is 0.486 e. The number of amides is 1. The summed E-state index contributed by atoms with van der Waals surface area (Å²) in [5, 5.41) is 2.07. The molecule has 0 saturated carbocycles. The van der Waals surface area contributed by atoms with Crippen LogP contribution < -0.4 is 20.6 Å². The molecule has 1 fully saturated rings. The Morgan fingerprint density at radius 2 is 1.39 bits per heavy atom. The number of hydrogen-bond acceptors (Lipinski definition) is 8. The van der Waals surface area contributed by atoms with Crippen LogP contribution in [0.3, 0.4) is 0 Å². The molecule has 0 spiro atoms. The van der Waals surface area contributed by atoms with Gasteiger partial charge < -0.3 is 37.9 Å². The normalized spacial score (nSPS) is 14.7. The number of carbonyl (C=O) groups is 2. The second-order valence-electron chi connectivity index (χ2n) is 15.0. The number of hydrogen-bond donors (Lipinski definition) is 0. The smallest absolute Gasteiger partial charge is 0.410 e. The van der Waals surface area contributed by atoms with Crippen molar-refractivity contribution < 1.29 is 23.8 Å². The Labute approximate surface area is 315 Å². The summed E-state index contributed by atoms with van der Waals surface area (Å²) >= 11 is 0. The molecule has 54 heavy (non-hydrogen) atoms. The van der Waals surface area contributed by atoms with E-state index in [0.717, 1.165) is 88.8 Å². The Bertz CT molecular complexity index is 2250. The summed E-state index contributed by atoms with van der Waals surface area (Å²) in [6.45, 7) is 14.4. The lowest BCUT2D eigenvalue weighted by Gasteiger charge is -2.39. The molecule has 2 aliphatic heterocycles. The third kappa shape index (κ3) is 9.02. The van der Waals surface area contributed by atoms with E-state index in [1.807, 2.05) is 85.7 Å². The van der Waals surface area contributed by atoms with E-state index in [9.17, 15) is 19.2 Å². The number of likely N-dealkylation sites (tertiary alicyclic amines) is 1. The Kier molecular flexibility index (Phi) is 11.9. The van der Waals surface area contributed by atoms with Gasteiger partial charge in [-0.25, -0.2) is 4.79 Å². The molecule has 3 aromatic carbocycles. The quantitative estimate of drug-likeness (QED) is 0.166. The zero-order valence-electron chi connectivity index (χ0n) is 31.9. The Hall–Kier alpha value is -5.42. The first-order valence-corrected chi connectivity index (χ1v) is 18.6. The van der Waals surface area contributed by atoms with E-state index in [1.54, 1.807) is 12.1 Å². The van der Waals surface area contributed by atoms with Gasteiger partial charge in [0.1, 0.15) is 25.1 Å². The summed E-state index contributed by atoms with van der Waals surface area (Å²) in [7, 11) is 0. The zero-order valence-corrected chi connectivity index (χ0v) is 31.9. The van der Waals surface area contributed by atoms with Gasteiger partial charge in [-0.15, -0.1) is 0 Å². The van der Waals surface area contributed by atoms with E-state index < -0.39 is 5.60 Å². The van der Waals surface area contributed by atoms with Crippen LogP contribution in [-0.4, -0.2) is 75.8 Å². The number of aldehydes is 1. The summed E-state index contributed by atoms with van der Waals surface area (Å²) in [6, 6.07) is 24.7. The van der Waals surface area contributed by atoms with Crippen molar-refractivity contribution in [1.29, 1.82) is 0 Å². The van der Waals surface area contributed by atoms with Crippen molar-refractivity contribution in [2.24, 2.45) is 0 Å². The van der Waals surface area contributed by atoms with Crippen LogP contribution >= 0.6 is 0 Å². The summed E-state index contributed by atoms with van der Waals surface area (Å²) in [5.41, 5.74) is 4.27. The molecule has 5 aromatic rings. The molecule has 2 aliphatic rings. The average molecular weight is 735 g/mol. The van der Waals surface area contributed by atoms with Crippen molar-refractivity contribution in [2.75, 3.05) is 32.8 Å². The third-order valence-corrected chi connectivity index (χ3v) is 9.90. The van der Waals surface area contributed by atoms with E-state index in [1.165, 1.54) is 10.6 Å². The maximum Gasteiger partial charge on any atom is 0.410 e. The second-order valence-corrected chi connectivity index (χ2v) is 15.0. The van der Waals surface area contributed by atoms with Gasteiger partial charge >= 0.3 is 6.09 Å². The van der Waals surface area contributed by atoms with Gasteiger partial charge in [-0.1, -0.05) is 42.5 Å². The van der Waals surface area contributed by atoms with Crippen LogP contribution in [0, 0.1) is 13.8 Å². The molecule has 1 saturated heterocycles.